The zero-order valence-corrected chi connectivity index (χ0v) is 19.8. The Morgan fingerprint density at radius 1 is 1.19 bits per heavy atom. The van der Waals surface area contributed by atoms with Crippen LogP contribution in [-0.2, 0) is 6.54 Å². The molecular formula is C25H23ClN2O3S. The van der Waals surface area contributed by atoms with Gasteiger partial charge in [0.25, 0.3) is 0 Å². The fourth-order valence-electron chi connectivity index (χ4n) is 3.94. The van der Waals surface area contributed by atoms with E-state index < -0.39 is 5.97 Å². The van der Waals surface area contributed by atoms with Crippen LogP contribution in [0, 0.1) is 20.8 Å². The number of halogens is 1. The maximum Gasteiger partial charge on any atom is 0.335 e. The second-order valence-electron chi connectivity index (χ2n) is 7.64. The Hall–Kier alpha value is -2.96. The van der Waals surface area contributed by atoms with Crippen molar-refractivity contribution in [2.24, 2.45) is 0 Å². The number of ether oxygens (including phenoxy) is 1. The van der Waals surface area contributed by atoms with Crippen molar-refractivity contribution >= 4 is 40.2 Å². The normalized spacial score (nSPS) is 11.2. The highest BCUT2D eigenvalue weighted by molar-refractivity contribution is 7.99. The molecule has 0 atom stereocenters. The maximum absolute atomic E-state index is 11.4. The number of fused-ring (bicyclic) bond motifs is 1. The van der Waals surface area contributed by atoms with E-state index in [1.165, 1.54) is 0 Å². The van der Waals surface area contributed by atoms with Gasteiger partial charge in [-0.3, -0.25) is 4.98 Å². The minimum atomic E-state index is -0.937. The van der Waals surface area contributed by atoms with Gasteiger partial charge in [0.2, 0.25) is 0 Å². The Bertz CT molecular complexity index is 1350. The third-order valence-electron chi connectivity index (χ3n) is 5.59. The summed E-state index contributed by atoms with van der Waals surface area (Å²) in [5.41, 5.74) is 5.28. The van der Waals surface area contributed by atoms with E-state index in [2.05, 4.69) is 16.5 Å². The number of aromatic nitrogens is 2. The van der Waals surface area contributed by atoms with Gasteiger partial charge in [0, 0.05) is 43.2 Å². The van der Waals surface area contributed by atoms with Gasteiger partial charge in [-0.2, -0.15) is 0 Å². The predicted octanol–water partition coefficient (Wildman–Crippen LogP) is 6.52. The molecule has 0 fully saturated rings. The van der Waals surface area contributed by atoms with Gasteiger partial charge in [-0.1, -0.05) is 35.5 Å². The molecule has 2 heterocycles. The monoisotopic (exact) mass is 466 g/mol. The van der Waals surface area contributed by atoms with Gasteiger partial charge in [0.05, 0.1) is 30.4 Å². The van der Waals surface area contributed by atoms with Crippen molar-refractivity contribution in [2.45, 2.75) is 37.1 Å². The minimum Gasteiger partial charge on any atom is -0.496 e. The Morgan fingerprint density at radius 3 is 2.69 bits per heavy atom. The lowest BCUT2D eigenvalue weighted by atomic mass is 10.1. The first kappa shape index (κ1) is 22.2. The average molecular weight is 467 g/mol. The predicted molar refractivity (Wildman–Crippen MR) is 129 cm³/mol. The van der Waals surface area contributed by atoms with E-state index in [4.69, 9.17) is 16.3 Å². The van der Waals surface area contributed by atoms with Crippen molar-refractivity contribution in [1.82, 2.24) is 9.55 Å². The SMILES string of the molecule is COc1c(C)cnc(Cn2c(C)c(Sc3cccc(C(=O)O)c3)c3ccc(Cl)cc32)c1C. The molecular weight excluding hydrogens is 444 g/mol. The van der Waals surface area contributed by atoms with Crippen molar-refractivity contribution in [3.63, 3.8) is 0 Å². The van der Waals surface area contributed by atoms with E-state index in [0.29, 0.717) is 11.6 Å². The smallest absolute Gasteiger partial charge is 0.335 e. The number of hydrogen-bond donors (Lipinski definition) is 1. The first-order chi connectivity index (χ1) is 15.3. The molecule has 0 bridgehead atoms. The molecule has 4 aromatic rings. The average Bonchev–Trinajstić information content (AvgIpc) is 3.01. The lowest BCUT2D eigenvalue weighted by Gasteiger charge is -2.14. The summed E-state index contributed by atoms with van der Waals surface area (Å²) < 4.78 is 7.79. The summed E-state index contributed by atoms with van der Waals surface area (Å²) in [6.07, 6.45) is 1.84. The van der Waals surface area contributed by atoms with Crippen molar-refractivity contribution in [1.29, 1.82) is 0 Å². The number of aryl methyl sites for hydroxylation is 1. The van der Waals surface area contributed by atoms with E-state index >= 15 is 0 Å². The molecule has 0 unspecified atom stereocenters. The Balaban J connectivity index is 1.83. The molecule has 0 saturated carbocycles. The number of aromatic carboxylic acids is 1. The molecule has 5 nitrogen and oxygen atoms in total. The molecule has 32 heavy (non-hydrogen) atoms. The third-order valence-corrected chi connectivity index (χ3v) is 7.03. The Labute approximate surface area is 196 Å². The molecule has 0 radical (unpaired) electrons. The Morgan fingerprint density at radius 2 is 1.97 bits per heavy atom. The maximum atomic E-state index is 11.4. The zero-order valence-electron chi connectivity index (χ0n) is 18.3. The van der Waals surface area contributed by atoms with Crippen molar-refractivity contribution in [3.8, 4) is 5.75 Å². The van der Waals surface area contributed by atoms with E-state index in [-0.39, 0.29) is 5.56 Å². The van der Waals surface area contributed by atoms with Crippen LogP contribution >= 0.6 is 23.4 Å². The molecule has 0 saturated heterocycles. The first-order valence-electron chi connectivity index (χ1n) is 10.1. The van der Waals surface area contributed by atoms with Crippen LogP contribution in [0.5, 0.6) is 5.75 Å². The largest absolute Gasteiger partial charge is 0.496 e. The molecule has 4 rings (SSSR count). The standard InChI is InChI=1S/C25H23ClN2O3S/c1-14-12-27-21(15(2)23(14)31-4)13-28-16(3)24(20-9-8-18(26)11-22(20)28)32-19-7-5-6-17(10-19)25(29)30/h5-12H,13H2,1-4H3,(H,29,30). The number of carboxylic acid groups (broad SMARTS) is 1. The fourth-order valence-corrected chi connectivity index (χ4v) is 5.22. The number of pyridine rings is 1. The topological polar surface area (TPSA) is 64.4 Å². The summed E-state index contributed by atoms with van der Waals surface area (Å²) in [5.74, 6) is -0.0875. The van der Waals surface area contributed by atoms with Gasteiger partial charge in [0.15, 0.2) is 0 Å². The van der Waals surface area contributed by atoms with Crippen LogP contribution in [0.25, 0.3) is 10.9 Å². The molecule has 2 aromatic heterocycles. The number of hydrogen-bond acceptors (Lipinski definition) is 4. The molecule has 7 heteroatoms. The molecule has 0 spiro atoms. The minimum absolute atomic E-state index is 0.269. The molecule has 2 aromatic carbocycles. The number of nitrogens with zero attached hydrogens (tertiary/aromatic N) is 2. The molecule has 164 valence electrons. The molecule has 0 aliphatic rings. The summed E-state index contributed by atoms with van der Waals surface area (Å²) in [6, 6.07) is 12.8. The summed E-state index contributed by atoms with van der Waals surface area (Å²) >= 11 is 7.90. The van der Waals surface area contributed by atoms with Crippen LogP contribution in [0.15, 0.2) is 58.5 Å². The van der Waals surface area contributed by atoms with E-state index in [0.717, 1.165) is 49.0 Å². The molecule has 0 aliphatic heterocycles. The van der Waals surface area contributed by atoms with Crippen LogP contribution in [0.3, 0.4) is 0 Å². The number of methoxy groups -OCH3 is 1. The lowest BCUT2D eigenvalue weighted by Crippen LogP contribution is -2.07. The summed E-state index contributed by atoms with van der Waals surface area (Å²) in [7, 11) is 1.68. The van der Waals surface area contributed by atoms with Gasteiger partial charge in [-0.25, -0.2) is 4.79 Å². The van der Waals surface area contributed by atoms with Crippen molar-refractivity contribution in [3.05, 3.63) is 81.8 Å². The zero-order chi connectivity index (χ0) is 23.0. The second kappa shape index (κ2) is 8.88. The van der Waals surface area contributed by atoms with E-state index in [1.807, 2.05) is 44.3 Å². The van der Waals surface area contributed by atoms with Crippen LogP contribution < -0.4 is 4.74 Å². The lowest BCUT2D eigenvalue weighted by molar-refractivity contribution is 0.0696. The van der Waals surface area contributed by atoms with E-state index in [9.17, 15) is 9.90 Å². The van der Waals surface area contributed by atoms with Gasteiger partial charge in [0.1, 0.15) is 5.75 Å². The van der Waals surface area contributed by atoms with Gasteiger partial charge in [-0.05, 0) is 51.1 Å². The quantitative estimate of drug-likeness (QED) is 0.350. The number of rotatable bonds is 6. The fraction of sp³-hybridized carbons (Fsp3) is 0.200. The molecule has 1 N–H and O–H groups in total. The molecule has 0 amide bonds. The third kappa shape index (κ3) is 4.08. The second-order valence-corrected chi connectivity index (χ2v) is 9.16. The van der Waals surface area contributed by atoms with Gasteiger partial charge in [-0.15, -0.1) is 0 Å². The van der Waals surface area contributed by atoms with Crippen LogP contribution in [0.1, 0.15) is 32.9 Å². The van der Waals surface area contributed by atoms with Crippen molar-refractivity contribution in [2.75, 3.05) is 7.11 Å². The van der Waals surface area contributed by atoms with Gasteiger partial charge < -0.3 is 14.4 Å². The summed E-state index contributed by atoms with van der Waals surface area (Å²) in [6.45, 7) is 6.65. The summed E-state index contributed by atoms with van der Waals surface area (Å²) in [4.78, 5) is 18.0. The van der Waals surface area contributed by atoms with Crippen LogP contribution in [-0.4, -0.2) is 27.7 Å². The van der Waals surface area contributed by atoms with E-state index in [1.54, 1.807) is 37.1 Å². The highest BCUT2D eigenvalue weighted by Crippen LogP contribution is 2.40. The van der Waals surface area contributed by atoms with Crippen LogP contribution in [0.2, 0.25) is 5.02 Å². The summed E-state index contributed by atoms with van der Waals surface area (Å²) in [5, 5.41) is 11.1. The first-order valence-corrected chi connectivity index (χ1v) is 11.3. The van der Waals surface area contributed by atoms with Gasteiger partial charge >= 0.3 is 5.97 Å². The van der Waals surface area contributed by atoms with Crippen LogP contribution in [0.4, 0.5) is 0 Å². The number of carboxylic acids is 1. The molecule has 0 aliphatic carbocycles. The van der Waals surface area contributed by atoms with Crippen molar-refractivity contribution < 1.29 is 14.6 Å². The number of benzene rings is 2. The number of carbonyl (C=O) groups is 1. The highest BCUT2D eigenvalue weighted by atomic mass is 35.5. The highest BCUT2D eigenvalue weighted by Gasteiger charge is 2.19. The Kier molecular flexibility index (Phi) is 6.17.